The molecule has 1 aromatic carbocycles. The van der Waals surface area contributed by atoms with E-state index in [-0.39, 0.29) is 42.2 Å². The molecule has 2 aliphatic rings. The number of ether oxygens (including phenoxy) is 2. The van der Waals surface area contributed by atoms with Gasteiger partial charge in [0.15, 0.2) is 6.61 Å². The van der Waals surface area contributed by atoms with E-state index < -0.39 is 0 Å². The van der Waals surface area contributed by atoms with E-state index in [1.807, 2.05) is 39.8 Å². The minimum atomic E-state index is -0.345. The van der Waals surface area contributed by atoms with E-state index in [1.54, 1.807) is 0 Å². The van der Waals surface area contributed by atoms with E-state index in [9.17, 15) is 15.0 Å². The lowest BCUT2D eigenvalue weighted by Crippen LogP contribution is -2.31. The second kappa shape index (κ2) is 11.9. The minimum Gasteiger partial charge on any atom is -0.482 e. The maximum absolute atomic E-state index is 12.3. The zero-order valence-electron chi connectivity index (χ0n) is 21.9. The molecule has 0 radical (unpaired) electrons. The van der Waals surface area contributed by atoms with E-state index >= 15 is 0 Å². The van der Waals surface area contributed by atoms with Crippen molar-refractivity contribution in [2.75, 3.05) is 6.61 Å². The number of unbranched alkanes of at least 4 members (excludes halogenated alkanes) is 2. The van der Waals surface area contributed by atoms with E-state index in [1.165, 1.54) is 24.0 Å². The molecule has 0 saturated heterocycles. The smallest absolute Gasteiger partial charge is 0.344 e. The Morgan fingerprint density at radius 3 is 2.65 bits per heavy atom. The number of aliphatic hydroxyl groups excluding tert-OH is 2. The number of esters is 1. The zero-order chi connectivity index (χ0) is 24.9. The molecule has 192 valence electrons. The summed E-state index contributed by atoms with van der Waals surface area (Å²) in [5.41, 5.74) is 2.33. The predicted molar refractivity (Wildman–Crippen MR) is 135 cm³/mol. The monoisotopic (exact) mass is 474 g/mol. The normalized spacial score (nSPS) is 25.9. The Labute approximate surface area is 206 Å². The standard InChI is InChI=1S/C29H46O5/c1-6-7-8-11-22(30)13-14-23-24-15-20-10-9-12-27(25(20)16-21(24)17-26(23)31)33-18-28(32)34-19(2)29(3,4)5/h9-10,12,19,21-24,26,30-31H,6-8,11,13-18H2,1-5H3/t19-,21?,22+,23-,24+,26-/m1/s1. The summed E-state index contributed by atoms with van der Waals surface area (Å²) in [5, 5.41) is 21.2. The lowest BCUT2D eigenvalue weighted by Gasteiger charge is -2.32. The lowest BCUT2D eigenvalue weighted by atomic mass is 9.73. The highest BCUT2D eigenvalue weighted by molar-refractivity contribution is 5.71. The van der Waals surface area contributed by atoms with Gasteiger partial charge in [-0.25, -0.2) is 4.79 Å². The Balaban J connectivity index is 1.58. The van der Waals surface area contributed by atoms with E-state index in [0.717, 1.165) is 50.7 Å². The second-order valence-corrected chi connectivity index (χ2v) is 11.7. The molecule has 0 heterocycles. The van der Waals surface area contributed by atoms with Gasteiger partial charge in [0.2, 0.25) is 0 Å². The molecule has 34 heavy (non-hydrogen) atoms. The number of aliphatic hydroxyl groups is 2. The van der Waals surface area contributed by atoms with Crippen LogP contribution in [0, 0.1) is 23.2 Å². The third-order valence-corrected chi connectivity index (χ3v) is 8.19. The van der Waals surface area contributed by atoms with E-state index in [2.05, 4.69) is 13.0 Å². The summed E-state index contributed by atoms with van der Waals surface area (Å²) in [4.78, 5) is 12.3. The van der Waals surface area contributed by atoms with E-state index in [0.29, 0.717) is 11.8 Å². The average Bonchev–Trinajstić information content (AvgIpc) is 3.08. The maximum Gasteiger partial charge on any atom is 0.344 e. The Morgan fingerprint density at radius 2 is 1.94 bits per heavy atom. The lowest BCUT2D eigenvalue weighted by molar-refractivity contribution is -0.155. The highest BCUT2D eigenvalue weighted by Crippen LogP contribution is 2.48. The predicted octanol–water partition coefficient (Wildman–Crippen LogP) is 5.48. The molecule has 2 aliphatic carbocycles. The van der Waals surface area contributed by atoms with Crippen molar-refractivity contribution >= 4 is 5.97 Å². The quantitative estimate of drug-likeness (QED) is 0.328. The van der Waals surface area contributed by atoms with Crippen LogP contribution >= 0.6 is 0 Å². The average molecular weight is 475 g/mol. The number of rotatable bonds is 11. The topological polar surface area (TPSA) is 76.0 Å². The number of carbonyl (C=O) groups is 1. The molecule has 0 bridgehead atoms. The Kier molecular flexibility index (Phi) is 9.45. The zero-order valence-corrected chi connectivity index (χ0v) is 21.9. The summed E-state index contributed by atoms with van der Waals surface area (Å²) < 4.78 is 11.5. The SMILES string of the molecule is CCCCC[C@H](O)CC[C@H]1[C@H](O)CC2Cc3c(cccc3OCC(=O)O[C@H](C)C(C)(C)C)C[C@@H]21. The van der Waals surface area contributed by atoms with Crippen LogP contribution in [-0.2, 0) is 22.4 Å². The second-order valence-electron chi connectivity index (χ2n) is 11.7. The number of hydrogen-bond acceptors (Lipinski definition) is 5. The number of carbonyl (C=O) groups excluding carboxylic acids is 1. The molecule has 1 unspecified atom stereocenters. The van der Waals surface area contributed by atoms with Gasteiger partial charge in [0.25, 0.3) is 0 Å². The first-order chi connectivity index (χ1) is 16.1. The van der Waals surface area contributed by atoms with Gasteiger partial charge in [-0.15, -0.1) is 0 Å². The van der Waals surface area contributed by atoms with Gasteiger partial charge in [0.05, 0.1) is 12.2 Å². The summed E-state index contributed by atoms with van der Waals surface area (Å²) in [6.07, 6.45) is 7.81. The number of hydrogen-bond donors (Lipinski definition) is 2. The van der Waals surface area contributed by atoms with Crippen molar-refractivity contribution in [2.24, 2.45) is 23.2 Å². The summed E-state index contributed by atoms with van der Waals surface area (Å²) in [6, 6.07) is 6.09. The molecule has 1 fully saturated rings. The van der Waals surface area contributed by atoms with Gasteiger partial charge in [0, 0.05) is 0 Å². The largest absolute Gasteiger partial charge is 0.482 e. The first-order valence-electron chi connectivity index (χ1n) is 13.4. The van der Waals surface area contributed by atoms with Crippen molar-refractivity contribution in [2.45, 2.75) is 111 Å². The van der Waals surface area contributed by atoms with Crippen molar-refractivity contribution < 1.29 is 24.5 Å². The van der Waals surface area contributed by atoms with Gasteiger partial charge in [-0.1, -0.05) is 59.1 Å². The van der Waals surface area contributed by atoms with Crippen molar-refractivity contribution in [1.82, 2.24) is 0 Å². The summed E-state index contributed by atoms with van der Waals surface area (Å²) in [6.45, 7) is 10.1. The van der Waals surface area contributed by atoms with Gasteiger partial charge in [0.1, 0.15) is 11.9 Å². The highest BCUT2D eigenvalue weighted by atomic mass is 16.6. The minimum absolute atomic E-state index is 0.0911. The highest BCUT2D eigenvalue weighted by Gasteiger charge is 2.44. The van der Waals surface area contributed by atoms with Crippen molar-refractivity contribution in [3.8, 4) is 5.75 Å². The van der Waals surface area contributed by atoms with Gasteiger partial charge < -0.3 is 19.7 Å². The third kappa shape index (κ3) is 6.97. The van der Waals surface area contributed by atoms with Crippen LogP contribution in [-0.4, -0.2) is 41.1 Å². The maximum atomic E-state index is 12.3. The molecule has 0 aliphatic heterocycles. The van der Waals surface area contributed by atoms with Crippen LogP contribution in [0.2, 0.25) is 0 Å². The van der Waals surface area contributed by atoms with Crippen LogP contribution in [0.5, 0.6) is 5.75 Å². The fraction of sp³-hybridized carbons (Fsp3) is 0.759. The van der Waals surface area contributed by atoms with Crippen molar-refractivity contribution in [1.29, 1.82) is 0 Å². The number of benzene rings is 1. The number of fused-ring (bicyclic) bond motifs is 2. The van der Waals surface area contributed by atoms with Crippen molar-refractivity contribution in [3.05, 3.63) is 29.3 Å². The first-order valence-corrected chi connectivity index (χ1v) is 13.4. The fourth-order valence-electron chi connectivity index (χ4n) is 5.64. The van der Waals surface area contributed by atoms with Gasteiger partial charge in [-0.2, -0.15) is 0 Å². The fourth-order valence-corrected chi connectivity index (χ4v) is 5.64. The van der Waals surface area contributed by atoms with Gasteiger partial charge >= 0.3 is 5.97 Å². The molecular formula is C29H46O5. The van der Waals surface area contributed by atoms with Crippen LogP contribution in [0.15, 0.2) is 18.2 Å². The summed E-state index contributed by atoms with van der Waals surface area (Å²) >= 11 is 0. The molecule has 6 atom stereocenters. The van der Waals surface area contributed by atoms with Crippen LogP contribution in [0.1, 0.15) is 90.7 Å². The molecular weight excluding hydrogens is 428 g/mol. The van der Waals surface area contributed by atoms with Gasteiger partial charge in [-0.3, -0.25) is 0 Å². The first kappa shape index (κ1) is 27.0. The third-order valence-electron chi connectivity index (χ3n) is 8.19. The molecule has 0 amide bonds. The Morgan fingerprint density at radius 1 is 1.18 bits per heavy atom. The molecule has 5 heteroatoms. The van der Waals surface area contributed by atoms with E-state index in [4.69, 9.17) is 9.47 Å². The molecule has 0 aromatic heterocycles. The van der Waals surface area contributed by atoms with Gasteiger partial charge in [-0.05, 0) is 85.8 Å². The van der Waals surface area contributed by atoms with Crippen LogP contribution in [0.3, 0.4) is 0 Å². The van der Waals surface area contributed by atoms with Crippen LogP contribution in [0.25, 0.3) is 0 Å². The van der Waals surface area contributed by atoms with Crippen LogP contribution < -0.4 is 4.74 Å². The molecule has 1 aromatic rings. The molecule has 1 saturated carbocycles. The Hall–Kier alpha value is -1.59. The summed E-state index contributed by atoms with van der Waals surface area (Å²) in [7, 11) is 0. The van der Waals surface area contributed by atoms with Crippen LogP contribution in [0.4, 0.5) is 0 Å². The Bertz CT molecular complexity index is 798. The van der Waals surface area contributed by atoms with Crippen molar-refractivity contribution in [3.63, 3.8) is 0 Å². The summed E-state index contributed by atoms with van der Waals surface area (Å²) in [5.74, 6) is 1.53. The molecule has 2 N–H and O–H groups in total. The molecule has 3 rings (SSSR count). The molecule has 0 spiro atoms. The molecule has 5 nitrogen and oxygen atoms in total.